The average Bonchev–Trinajstić information content (AvgIpc) is 3.37. The number of aromatic nitrogens is 1. The molecule has 5 rings (SSSR count). The summed E-state index contributed by atoms with van der Waals surface area (Å²) < 4.78 is 5.55. The summed E-state index contributed by atoms with van der Waals surface area (Å²) in [5, 5.41) is 11.2. The van der Waals surface area contributed by atoms with Gasteiger partial charge in [-0.2, -0.15) is 0 Å². The molecule has 6 heteroatoms. The number of carbonyl (C=O) groups is 2. The van der Waals surface area contributed by atoms with Gasteiger partial charge in [0, 0.05) is 18.2 Å². The van der Waals surface area contributed by atoms with Gasteiger partial charge in [0.1, 0.15) is 11.5 Å². The number of ketones is 1. The number of ether oxygens (including phenoxy) is 1. The van der Waals surface area contributed by atoms with Crippen LogP contribution in [0, 0.1) is 6.92 Å². The third kappa shape index (κ3) is 3.43. The van der Waals surface area contributed by atoms with Gasteiger partial charge in [0.2, 0.25) is 0 Å². The Kier molecular flexibility index (Phi) is 4.98. The highest BCUT2D eigenvalue weighted by Gasteiger charge is 2.46. The van der Waals surface area contributed by atoms with E-state index in [4.69, 9.17) is 4.74 Å². The van der Waals surface area contributed by atoms with Crippen molar-refractivity contribution in [3.05, 3.63) is 100 Å². The summed E-state index contributed by atoms with van der Waals surface area (Å²) in [5.41, 5.74) is 4.01. The lowest BCUT2D eigenvalue weighted by Crippen LogP contribution is -2.29. The van der Waals surface area contributed by atoms with Crippen LogP contribution >= 0.6 is 0 Å². The highest BCUT2D eigenvalue weighted by atomic mass is 16.5. The maximum Gasteiger partial charge on any atom is 0.296 e. The van der Waals surface area contributed by atoms with Gasteiger partial charge < -0.3 is 14.7 Å². The van der Waals surface area contributed by atoms with Crippen molar-refractivity contribution >= 4 is 17.4 Å². The van der Waals surface area contributed by atoms with Crippen LogP contribution in [0.25, 0.3) is 5.76 Å². The van der Waals surface area contributed by atoms with Gasteiger partial charge in [-0.25, -0.2) is 0 Å². The number of pyridine rings is 1. The first kappa shape index (κ1) is 20.0. The normalized spacial score (nSPS) is 19.2. The Morgan fingerprint density at radius 3 is 2.78 bits per heavy atom. The van der Waals surface area contributed by atoms with Gasteiger partial charge >= 0.3 is 0 Å². The van der Waals surface area contributed by atoms with Crippen molar-refractivity contribution in [2.75, 3.05) is 6.61 Å². The molecule has 2 aliphatic rings. The van der Waals surface area contributed by atoms with Gasteiger partial charge in [-0.3, -0.25) is 14.6 Å². The Balaban J connectivity index is 1.65. The fraction of sp³-hybridized carbons (Fsp3) is 0.192. The van der Waals surface area contributed by atoms with Gasteiger partial charge in [0.05, 0.1) is 30.5 Å². The zero-order chi connectivity index (χ0) is 22.2. The zero-order valence-corrected chi connectivity index (χ0v) is 17.6. The standard InChI is InChI=1S/C26H22N2O4/c1-16-5-4-6-18(13-16)23-22(24(29)19-8-9-21-17(14-19)10-12-32-21)25(30)26(31)28(23)15-20-7-2-3-11-27-20/h2-9,11,13-14,23,29H,10,12,15H2,1H3/b24-22-. The summed E-state index contributed by atoms with van der Waals surface area (Å²) in [6.45, 7) is 2.71. The predicted molar refractivity (Wildman–Crippen MR) is 119 cm³/mol. The molecule has 0 spiro atoms. The average molecular weight is 426 g/mol. The number of hydrogen-bond donors (Lipinski definition) is 1. The summed E-state index contributed by atoms with van der Waals surface area (Å²) in [6, 6.07) is 17.7. The minimum absolute atomic E-state index is 0.0930. The smallest absolute Gasteiger partial charge is 0.296 e. The first-order valence-electron chi connectivity index (χ1n) is 10.5. The van der Waals surface area contributed by atoms with E-state index in [2.05, 4.69) is 4.98 Å². The summed E-state index contributed by atoms with van der Waals surface area (Å²) in [6.07, 6.45) is 2.39. The lowest BCUT2D eigenvalue weighted by atomic mass is 9.93. The Morgan fingerprint density at radius 1 is 1.12 bits per heavy atom. The molecule has 0 bridgehead atoms. The van der Waals surface area contributed by atoms with E-state index in [1.165, 1.54) is 4.90 Å². The van der Waals surface area contributed by atoms with E-state index in [1.807, 2.05) is 49.4 Å². The second-order valence-electron chi connectivity index (χ2n) is 8.08. The minimum atomic E-state index is -0.707. The third-order valence-corrected chi connectivity index (χ3v) is 5.92. The van der Waals surface area contributed by atoms with Crippen LogP contribution in [0.5, 0.6) is 5.75 Å². The van der Waals surface area contributed by atoms with Crippen LogP contribution in [0.15, 0.2) is 72.4 Å². The Bertz CT molecular complexity index is 1250. The lowest BCUT2D eigenvalue weighted by Gasteiger charge is -2.25. The molecule has 2 aromatic carbocycles. The third-order valence-electron chi connectivity index (χ3n) is 5.92. The molecule has 3 heterocycles. The van der Waals surface area contributed by atoms with E-state index >= 15 is 0 Å². The molecule has 2 aliphatic heterocycles. The van der Waals surface area contributed by atoms with E-state index < -0.39 is 17.7 Å². The van der Waals surface area contributed by atoms with Crippen molar-refractivity contribution in [1.29, 1.82) is 0 Å². The number of carbonyl (C=O) groups excluding carboxylic acids is 2. The number of aliphatic hydroxyl groups is 1. The SMILES string of the molecule is Cc1cccc(C2/C(=C(/O)c3ccc4c(c3)CCO4)C(=O)C(=O)N2Cc2ccccn2)c1. The Hall–Kier alpha value is -3.93. The summed E-state index contributed by atoms with van der Waals surface area (Å²) in [7, 11) is 0. The molecule has 0 radical (unpaired) electrons. The molecule has 32 heavy (non-hydrogen) atoms. The van der Waals surface area contributed by atoms with Crippen LogP contribution in [-0.4, -0.2) is 33.3 Å². The number of nitrogens with zero attached hydrogens (tertiary/aromatic N) is 2. The number of likely N-dealkylation sites (tertiary alicyclic amines) is 1. The molecule has 0 saturated carbocycles. The first-order chi connectivity index (χ1) is 15.5. The van der Waals surface area contributed by atoms with E-state index in [-0.39, 0.29) is 17.9 Å². The fourth-order valence-corrected chi connectivity index (χ4v) is 4.39. The molecular formula is C26H22N2O4. The van der Waals surface area contributed by atoms with Crippen molar-refractivity contribution in [2.24, 2.45) is 0 Å². The van der Waals surface area contributed by atoms with Gasteiger partial charge in [-0.05, 0) is 48.4 Å². The fourth-order valence-electron chi connectivity index (χ4n) is 4.39. The minimum Gasteiger partial charge on any atom is -0.507 e. The van der Waals surface area contributed by atoms with Gasteiger partial charge in [-0.1, -0.05) is 35.9 Å². The number of aliphatic hydroxyl groups excluding tert-OH is 1. The van der Waals surface area contributed by atoms with E-state index in [1.54, 1.807) is 24.4 Å². The Labute approximate surface area is 185 Å². The number of aryl methyl sites for hydroxylation is 1. The number of rotatable bonds is 4. The van der Waals surface area contributed by atoms with Crippen molar-refractivity contribution in [2.45, 2.75) is 25.9 Å². The number of fused-ring (bicyclic) bond motifs is 1. The van der Waals surface area contributed by atoms with Gasteiger partial charge in [0.15, 0.2) is 0 Å². The van der Waals surface area contributed by atoms with E-state index in [0.717, 1.165) is 28.9 Å². The van der Waals surface area contributed by atoms with Crippen molar-refractivity contribution in [3.8, 4) is 5.75 Å². The molecule has 0 aliphatic carbocycles. The van der Waals surface area contributed by atoms with Crippen molar-refractivity contribution < 1.29 is 19.4 Å². The molecule has 1 N–H and O–H groups in total. The van der Waals surface area contributed by atoms with Crippen LogP contribution in [0.2, 0.25) is 0 Å². The van der Waals surface area contributed by atoms with Crippen LogP contribution in [-0.2, 0) is 22.6 Å². The number of amides is 1. The largest absolute Gasteiger partial charge is 0.507 e. The monoisotopic (exact) mass is 426 g/mol. The molecule has 1 fully saturated rings. The van der Waals surface area contributed by atoms with Crippen LogP contribution < -0.4 is 4.74 Å². The number of Topliss-reactive ketones (excluding diaryl/α,β-unsaturated/α-hetero) is 1. The summed E-state index contributed by atoms with van der Waals surface area (Å²) in [5.74, 6) is -0.727. The lowest BCUT2D eigenvalue weighted by molar-refractivity contribution is -0.140. The predicted octanol–water partition coefficient (Wildman–Crippen LogP) is 3.95. The van der Waals surface area contributed by atoms with Gasteiger partial charge in [-0.15, -0.1) is 0 Å². The molecule has 1 amide bonds. The molecule has 1 atom stereocenters. The van der Waals surface area contributed by atoms with E-state index in [9.17, 15) is 14.7 Å². The first-order valence-corrected chi connectivity index (χ1v) is 10.5. The Morgan fingerprint density at radius 2 is 2.00 bits per heavy atom. The van der Waals surface area contributed by atoms with Crippen molar-refractivity contribution in [3.63, 3.8) is 0 Å². The zero-order valence-electron chi connectivity index (χ0n) is 17.6. The molecule has 6 nitrogen and oxygen atoms in total. The maximum absolute atomic E-state index is 13.2. The molecule has 160 valence electrons. The highest BCUT2D eigenvalue weighted by molar-refractivity contribution is 6.46. The second-order valence-corrected chi connectivity index (χ2v) is 8.08. The van der Waals surface area contributed by atoms with Crippen LogP contribution in [0.4, 0.5) is 0 Å². The highest BCUT2D eigenvalue weighted by Crippen LogP contribution is 2.41. The van der Waals surface area contributed by atoms with Crippen LogP contribution in [0.1, 0.15) is 34.0 Å². The van der Waals surface area contributed by atoms with Crippen LogP contribution in [0.3, 0.4) is 0 Å². The van der Waals surface area contributed by atoms with Crippen molar-refractivity contribution in [1.82, 2.24) is 9.88 Å². The topological polar surface area (TPSA) is 79.7 Å². The maximum atomic E-state index is 13.2. The second kappa shape index (κ2) is 7.96. The summed E-state index contributed by atoms with van der Waals surface area (Å²) >= 11 is 0. The number of benzene rings is 2. The summed E-state index contributed by atoms with van der Waals surface area (Å²) in [4.78, 5) is 32.1. The molecule has 1 aromatic heterocycles. The quantitative estimate of drug-likeness (QED) is 0.388. The molecular weight excluding hydrogens is 404 g/mol. The number of hydrogen-bond acceptors (Lipinski definition) is 5. The molecule has 1 saturated heterocycles. The van der Waals surface area contributed by atoms with E-state index in [0.29, 0.717) is 17.9 Å². The molecule has 1 unspecified atom stereocenters. The molecule has 3 aromatic rings. The van der Waals surface area contributed by atoms with Gasteiger partial charge in [0.25, 0.3) is 11.7 Å².